The largest absolute Gasteiger partial charge is 0.439 e. The highest BCUT2D eigenvalue weighted by molar-refractivity contribution is 6.10. The van der Waals surface area contributed by atoms with Gasteiger partial charge in [-0.25, -0.2) is 9.78 Å². The lowest BCUT2D eigenvalue weighted by molar-refractivity contribution is 0.128. The van der Waals surface area contributed by atoms with Crippen molar-refractivity contribution in [3.63, 3.8) is 0 Å². The van der Waals surface area contributed by atoms with Crippen LogP contribution >= 0.6 is 0 Å². The lowest BCUT2D eigenvalue weighted by Gasteiger charge is -2.04. The van der Waals surface area contributed by atoms with E-state index in [1.165, 1.54) is 0 Å². The number of oxime groups is 1. The molecule has 0 aliphatic rings. The Morgan fingerprint density at radius 3 is 2.74 bits per heavy atom. The number of benzene rings is 1. The summed E-state index contributed by atoms with van der Waals surface area (Å²) in [5.41, 5.74) is 7.31. The Bertz CT molecular complexity index is 870. The molecular weight excluding hydrogens is 298 g/mol. The molecule has 0 amide bonds. The van der Waals surface area contributed by atoms with E-state index in [2.05, 4.69) is 24.8 Å². The Labute approximate surface area is 130 Å². The van der Waals surface area contributed by atoms with Gasteiger partial charge in [-0.1, -0.05) is 46.7 Å². The topological polar surface area (TPSA) is 119 Å². The van der Waals surface area contributed by atoms with Crippen LogP contribution < -0.4 is 11.5 Å². The summed E-state index contributed by atoms with van der Waals surface area (Å²) in [7, 11) is 0. The van der Waals surface area contributed by atoms with E-state index in [1.54, 1.807) is 18.2 Å². The summed E-state index contributed by atoms with van der Waals surface area (Å²) in [4.78, 5) is 23.0. The number of nitrogens with one attached hydrogen (secondary N) is 1. The first-order valence-corrected chi connectivity index (χ1v) is 6.75. The minimum atomic E-state index is -0.666. The fourth-order valence-corrected chi connectivity index (χ4v) is 1.90. The van der Waals surface area contributed by atoms with Gasteiger partial charge in [-0.05, 0) is 12.1 Å². The Hall–Kier alpha value is -3.42. The molecule has 0 radical (unpaired) electrons. The van der Waals surface area contributed by atoms with Crippen molar-refractivity contribution in [3.8, 4) is 0 Å². The van der Waals surface area contributed by atoms with Gasteiger partial charge in [0.05, 0.1) is 5.69 Å². The number of H-pyrrole nitrogens is 1. The molecule has 0 atom stereocenters. The van der Waals surface area contributed by atoms with Gasteiger partial charge < -0.3 is 10.6 Å². The zero-order valence-electron chi connectivity index (χ0n) is 12.0. The number of aromatic amines is 1. The van der Waals surface area contributed by atoms with E-state index < -0.39 is 5.76 Å². The molecule has 0 aliphatic heterocycles. The third-order valence-corrected chi connectivity index (χ3v) is 2.91. The molecule has 0 unspecified atom stereocenters. The average molecular weight is 311 g/mol. The van der Waals surface area contributed by atoms with Crippen LogP contribution in [0.25, 0.3) is 0 Å². The van der Waals surface area contributed by atoms with Crippen LogP contribution in [0.4, 0.5) is 5.82 Å². The third kappa shape index (κ3) is 3.62. The standard InChI is InChI=1S/C15H13N5O3/c16-12-8-4-7-11(17-12)9-22-19-13(10-5-2-1-3-6-10)14-18-15(21)23-20-14/h1-8H,9H2,(H2,16,17)(H,18,20,21)/b19-13+. The van der Waals surface area contributed by atoms with Gasteiger partial charge in [0.2, 0.25) is 5.82 Å². The van der Waals surface area contributed by atoms with E-state index in [1.807, 2.05) is 30.3 Å². The van der Waals surface area contributed by atoms with Crippen molar-refractivity contribution in [2.75, 3.05) is 5.73 Å². The third-order valence-electron chi connectivity index (χ3n) is 2.91. The predicted molar refractivity (Wildman–Crippen MR) is 82.6 cm³/mol. The normalized spacial score (nSPS) is 11.4. The zero-order valence-corrected chi connectivity index (χ0v) is 12.0. The van der Waals surface area contributed by atoms with Crippen molar-refractivity contribution in [1.82, 2.24) is 15.1 Å². The Morgan fingerprint density at radius 2 is 2.04 bits per heavy atom. The van der Waals surface area contributed by atoms with E-state index in [-0.39, 0.29) is 12.4 Å². The summed E-state index contributed by atoms with van der Waals surface area (Å²) in [6, 6.07) is 14.4. The van der Waals surface area contributed by atoms with Crippen molar-refractivity contribution >= 4 is 11.5 Å². The summed E-state index contributed by atoms with van der Waals surface area (Å²) < 4.78 is 4.52. The molecule has 0 spiro atoms. The molecule has 23 heavy (non-hydrogen) atoms. The SMILES string of the molecule is Nc1cccc(CO/N=C(\c2ccccc2)c2noc(=O)[nH]2)n1. The van der Waals surface area contributed by atoms with Crippen LogP contribution in [-0.2, 0) is 11.4 Å². The van der Waals surface area contributed by atoms with Gasteiger partial charge in [-0.3, -0.25) is 9.51 Å². The first kappa shape index (κ1) is 14.5. The molecule has 1 aromatic carbocycles. The van der Waals surface area contributed by atoms with Gasteiger partial charge in [-0.2, -0.15) is 0 Å². The monoisotopic (exact) mass is 311 g/mol. The Balaban J connectivity index is 1.85. The van der Waals surface area contributed by atoms with E-state index in [9.17, 15) is 4.79 Å². The number of nitrogens with zero attached hydrogens (tertiary/aromatic N) is 3. The lowest BCUT2D eigenvalue weighted by atomic mass is 10.1. The maximum absolute atomic E-state index is 11.2. The molecule has 0 bridgehead atoms. The molecule has 8 heteroatoms. The molecule has 3 rings (SSSR count). The second-order valence-corrected chi connectivity index (χ2v) is 4.58. The number of hydrogen-bond donors (Lipinski definition) is 2. The van der Waals surface area contributed by atoms with Crippen LogP contribution in [0.2, 0.25) is 0 Å². The van der Waals surface area contributed by atoms with Crippen LogP contribution in [-0.4, -0.2) is 20.8 Å². The molecule has 0 aliphatic carbocycles. The van der Waals surface area contributed by atoms with Crippen molar-refractivity contribution in [2.24, 2.45) is 5.16 Å². The molecule has 8 nitrogen and oxygen atoms in total. The summed E-state index contributed by atoms with van der Waals surface area (Å²) in [5, 5.41) is 7.69. The van der Waals surface area contributed by atoms with Crippen LogP contribution in [0.3, 0.4) is 0 Å². The van der Waals surface area contributed by atoms with Crippen LogP contribution in [0.1, 0.15) is 17.1 Å². The first-order chi connectivity index (χ1) is 11.2. The van der Waals surface area contributed by atoms with Gasteiger partial charge in [0.15, 0.2) is 12.3 Å². The summed E-state index contributed by atoms with van der Waals surface area (Å²) in [6.07, 6.45) is 0. The number of nitrogens with two attached hydrogens (primary N) is 1. The lowest BCUT2D eigenvalue weighted by Crippen LogP contribution is -2.09. The summed E-state index contributed by atoms with van der Waals surface area (Å²) in [6.45, 7) is 0.128. The van der Waals surface area contributed by atoms with Gasteiger partial charge >= 0.3 is 5.76 Å². The van der Waals surface area contributed by atoms with Gasteiger partial charge in [-0.15, -0.1) is 0 Å². The highest BCUT2D eigenvalue weighted by atomic mass is 16.6. The van der Waals surface area contributed by atoms with Crippen LogP contribution in [0, 0.1) is 0 Å². The van der Waals surface area contributed by atoms with Crippen molar-refractivity contribution in [2.45, 2.75) is 6.61 Å². The molecule has 0 fully saturated rings. The number of pyridine rings is 1. The molecule has 2 aromatic heterocycles. The molecule has 3 N–H and O–H groups in total. The second kappa shape index (κ2) is 6.56. The highest BCUT2D eigenvalue weighted by Gasteiger charge is 2.13. The van der Waals surface area contributed by atoms with Gasteiger partial charge in [0.25, 0.3) is 0 Å². The number of aromatic nitrogens is 3. The van der Waals surface area contributed by atoms with Crippen molar-refractivity contribution in [1.29, 1.82) is 0 Å². The maximum atomic E-state index is 11.2. The summed E-state index contributed by atoms with van der Waals surface area (Å²) >= 11 is 0. The molecule has 116 valence electrons. The van der Waals surface area contributed by atoms with Crippen LogP contribution in [0.5, 0.6) is 0 Å². The minimum Gasteiger partial charge on any atom is -0.389 e. The fourth-order valence-electron chi connectivity index (χ4n) is 1.90. The number of rotatable bonds is 5. The quantitative estimate of drug-likeness (QED) is 0.541. The van der Waals surface area contributed by atoms with Gasteiger partial charge in [0, 0.05) is 5.56 Å². The second-order valence-electron chi connectivity index (χ2n) is 4.58. The average Bonchev–Trinajstić information content (AvgIpc) is 2.99. The molecule has 0 saturated heterocycles. The molecular formula is C15H13N5O3. The number of nitrogen functional groups attached to an aromatic ring is 1. The van der Waals surface area contributed by atoms with Crippen molar-refractivity contribution in [3.05, 3.63) is 76.2 Å². The van der Waals surface area contributed by atoms with Gasteiger partial charge in [0.1, 0.15) is 5.82 Å². The number of hydrogen-bond acceptors (Lipinski definition) is 7. The Kier molecular flexibility index (Phi) is 4.14. The first-order valence-electron chi connectivity index (χ1n) is 6.75. The fraction of sp³-hybridized carbons (Fsp3) is 0.0667. The maximum Gasteiger partial charge on any atom is 0.439 e. The summed E-state index contributed by atoms with van der Waals surface area (Å²) in [5.74, 6) is -0.0814. The smallest absolute Gasteiger partial charge is 0.389 e. The van der Waals surface area contributed by atoms with E-state index in [4.69, 9.17) is 10.6 Å². The minimum absolute atomic E-state index is 0.128. The number of anilines is 1. The predicted octanol–water partition coefficient (Wildman–Crippen LogP) is 1.31. The Morgan fingerprint density at radius 1 is 1.22 bits per heavy atom. The molecule has 2 heterocycles. The molecule has 0 saturated carbocycles. The van der Waals surface area contributed by atoms with E-state index in [0.29, 0.717) is 17.2 Å². The molecule has 3 aromatic rings. The van der Waals surface area contributed by atoms with E-state index in [0.717, 1.165) is 5.56 Å². The highest BCUT2D eigenvalue weighted by Crippen LogP contribution is 2.08. The van der Waals surface area contributed by atoms with Crippen LogP contribution in [0.15, 0.2) is 63.0 Å². The van der Waals surface area contributed by atoms with E-state index >= 15 is 0 Å². The zero-order chi connectivity index (χ0) is 16.1. The van der Waals surface area contributed by atoms with Crippen molar-refractivity contribution < 1.29 is 9.36 Å².